The van der Waals surface area contributed by atoms with Gasteiger partial charge in [-0.05, 0) is 24.6 Å². The first-order chi connectivity index (χ1) is 30.8. The molecule has 25 heteroatoms. The minimum absolute atomic E-state index is 0.0119. The van der Waals surface area contributed by atoms with Crippen LogP contribution in [0.15, 0.2) is 59.5 Å². The van der Waals surface area contributed by atoms with Gasteiger partial charge in [0.2, 0.25) is 11.5 Å². The number of hydrogen-bond donors (Lipinski definition) is 1. The largest absolute Gasteiger partial charge is 0.478 e. The molecule has 0 heterocycles. The molecule has 0 aromatic heterocycles. The van der Waals surface area contributed by atoms with Crippen LogP contribution in [0.4, 0.5) is 87.8 Å². The van der Waals surface area contributed by atoms with Crippen LogP contribution in [0.25, 0.3) is 0 Å². The van der Waals surface area contributed by atoms with Gasteiger partial charge in [-0.3, -0.25) is 4.79 Å². The van der Waals surface area contributed by atoms with Gasteiger partial charge in [0.05, 0.1) is 0 Å². The summed E-state index contributed by atoms with van der Waals surface area (Å²) in [5.41, 5.74) is -12.6. The molecule has 1 N–H and O–H groups in total. The van der Waals surface area contributed by atoms with E-state index in [0.717, 1.165) is 10.5 Å². The summed E-state index contributed by atoms with van der Waals surface area (Å²) in [4.78, 5) is 24.3. The zero-order valence-electron chi connectivity index (χ0n) is 31.9. The summed E-state index contributed by atoms with van der Waals surface area (Å²) >= 11 is 0. The summed E-state index contributed by atoms with van der Waals surface area (Å²) in [6.07, 6.45) is -7.22. The number of carboxylic acid groups (broad SMARTS) is 1. The van der Waals surface area contributed by atoms with E-state index < -0.39 is 161 Å². The Bertz CT molecular complexity index is 2570. The fraction of sp³-hybridized carbons (Fsp3) is 0.0732. The lowest BCUT2D eigenvalue weighted by molar-refractivity contribution is -0.133. The molecule has 0 fully saturated rings. The van der Waals surface area contributed by atoms with Crippen molar-refractivity contribution in [3.8, 4) is 0 Å². The van der Waals surface area contributed by atoms with E-state index in [1.807, 2.05) is 49.4 Å². The molecule has 6 aromatic carbocycles. The van der Waals surface area contributed by atoms with Crippen molar-refractivity contribution in [1.82, 2.24) is 0 Å². The van der Waals surface area contributed by atoms with E-state index in [1.165, 1.54) is 0 Å². The molecule has 0 aliphatic carbocycles. The second-order valence-electron chi connectivity index (χ2n) is 13.6. The standard InChI is InChI=1S/C24BF20.C17H16O3S/c26-5-1(6(27)14(35)21(42)13(5)34)25(2-7(28)15(36)22(43)16(37)8(2)29,3-9(30)17(38)23(44)18(39)10(3)31)4-11(32)19(40)24(45)20(41)12(4)33;1-13-6-5-9-15(10-13)21(12-17(19)20)11-16(18)14-7-3-2-4-8-14/h;2-10H,11-12H2,1H3/q-1;/p+1. The Morgan fingerprint density at radius 2 is 0.697 bits per heavy atom. The van der Waals surface area contributed by atoms with Gasteiger partial charge in [-0.15, -0.1) is 21.9 Å². The van der Waals surface area contributed by atoms with E-state index in [1.54, 1.807) is 12.1 Å². The fourth-order valence-electron chi connectivity index (χ4n) is 6.90. The van der Waals surface area contributed by atoms with Crippen LogP contribution < -0.4 is 21.9 Å². The number of rotatable bonds is 10. The number of halogens is 20. The quantitative estimate of drug-likeness (QED) is 0.0374. The van der Waals surface area contributed by atoms with Crippen LogP contribution in [-0.2, 0) is 15.7 Å². The second-order valence-corrected chi connectivity index (χ2v) is 15.6. The summed E-state index contributed by atoms with van der Waals surface area (Å²) in [6.45, 7) is 1.96. The van der Waals surface area contributed by atoms with Gasteiger partial charge in [-0.2, -0.15) is 0 Å². The third kappa shape index (κ3) is 8.43. The van der Waals surface area contributed by atoms with Crippen molar-refractivity contribution in [2.75, 3.05) is 11.5 Å². The highest BCUT2D eigenvalue weighted by Crippen LogP contribution is 2.31. The highest BCUT2D eigenvalue weighted by Gasteiger charge is 2.52. The lowest BCUT2D eigenvalue weighted by atomic mass is 9.12. The predicted octanol–water partition coefficient (Wildman–Crippen LogP) is 8.79. The molecule has 0 saturated heterocycles. The number of aliphatic carboxylic acids is 1. The summed E-state index contributed by atoms with van der Waals surface area (Å²) in [5, 5.41) is 9.09. The van der Waals surface area contributed by atoms with Crippen molar-refractivity contribution in [2.45, 2.75) is 11.8 Å². The molecule has 0 aliphatic rings. The first kappa shape index (κ1) is 50.5. The lowest BCUT2D eigenvalue weighted by Gasteiger charge is -2.44. The number of carboxylic acids is 1. The minimum Gasteiger partial charge on any atom is -0.478 e. The van der Waals surface area contributed by atoms with Gasteiger partial charge in [0.1, 0.15) is 52.7 Å². The molecule has 0 spiro atoms. The van der Waals surface area contributed by atoms with E-state index in [-0.39, 0.29) is 17.3 Å². The van der Waals surface area contributed by atoms with Crippen LogP contribution in [0.1, 0.15) is 15.9 Å². The Morgan fingerprint density at radius 1 is 0.409 bits per heavy atom. The van der Waals surface area contributed by atoms with Crippen LogP contribution in [0, 0.1) is 123 Å². The average Bonchev–Trinajstić information content (AvgIpc) is 3.29. The van der Waals surface area contributed by atoms with Gasteiger partial charge in [0, 0.05) is 16.5 Å². The number of hydrogen-bond acceptors (Lipinski definition) is 2. The molecule has 0 saturated carbocycles. The number of carbonyl (C=O) groups excluding carboxylic acids is 1. The molecular weight excluding hydrogens is 963 g/mol. The molecule has 66 heavy (non-hydrogen) atoms. The number of ketones is 1. The maximum absolute atomic E-state index is 15.4. The average molecular weight is 980 g/mol. The Balaban J connectivity index is 0.000000324. The zero-order valence-corrected chi connectivity index (χ0v) is 32.7. The van der Waals surface area contributed by atoms with Crippen LogP contribution >= 0.6 is 0 Å². The van der Waals surface area contributed by atoms with Gasteiger partial charge in [-0.1, -0.05) is 42.5 Å². The molecule has 0 bridgehead atoms. The lowest BCUT2D eigenvalue weighted by Crippen LogP contribution is -2.81. The topological polar surface area (TPSA) is 54.4 Å². The van der Waals surface area contributed by atoms with Gasteiger partial charge in [0.15, 0.2) is 80.5 Å². The van der Waals surface area contributed by atoms with Crippen molar-refractivity contribution in [1.29, 1.82) is 0 Å². The van der Waals surface area contributed by atoms with E-state index in [4.69, 9.17) is 5.11 Å². The molecular formula is C41H17BF20O3S. The van der Waals surface area contributed by atoms with E-state index >= 15 is 35.1 Å². The zero-order chi connectivity index (χ0) is 49.6. The SMILES string of the molecule is Cc1cccc([S+](CC(=O)O)CC(=O)c2ccccc2)c1.Fc1c(F)c(F)c([B-](c2c(F)c(F)c(F)c(F)c2F)(c2c(F)c(F)c(F)c(F)c2F)c2c(F)c(F)c(F)c(F)c2F)c(F)c1F. The normalized spacial score (nSPS) is 12.0. The summed E-state index contributed by atoms with van der Waals surface area (Å²) in [6, 6.07) is 16.7. The van der Waals surface area contributed by atoms with Crippen LogP contribution in [0.5, 0.6) is 0 Å². The minimum atomic E-state index is -7.22. The summed E-state index contributed by atoms with van der Waals surface area (Å²) < 4.78 is 294. The van der Waals surface area contributed by atoms with E-state index in [9.17, 15) is 62.3 Å². The third-order valence-electron chi connectivity index (χ3n) is 9.73. The highest BCUT2D eigenvalue weighted by molar-refractivity contribution is 7.98. The van der Waals surface area contributed by atoms with Crippen LogP contribution in [-0.4, -0.2) is 34.5 Å². The van der Waals surface area contributed by atoms with Gasteiger partial charge < -0.3 is 5.11 Å². The third-order valence-corrected chi connectivity index (χ3v) is 11.9. The molecule has 6 rings (SSSR count). The predicted molar refractivity (Wildman–Crippen MR) is 194 cm³/mol. The van der Waals surface area contributed by atoms with Gasteiger partial charge >= 0.3 is 5.97 Å². The van der Waals surface area contributed by atoms with E-state index in [0.29, 0.717) is 5.56 Å². The Kier molecular flexibility index (Phi) is 14.6. The second kappa shape index (κ2) is 19.1. The summed E-state index contributed by atoms with van der Waals surface area (Å²) in [7, 11) is -0.608. The Hall–Kier alpha value is -6.53. The number of Topliss-reactive ketones (excluding diaryl/α,β-unsaturated/α-hetero) is 1. The number of benzene rings is 6. The Morgan fingerprint density at radius 3 is 0.970 bits per heavy atom. The highest BCUT2D eigenvalue weighted by atomic mass is 32.2. The molecule has 0 radical (unpaired) electrons. The molecule has 1 atom stereocenters. The molecule has 0 amide bonds. The molecule has 0 aliphatic heterocycles. The van der Waals surface area contributed by atoms with Crippen molar-refractivity contribution >= 4 is 50.6 Å². The van der Waals surface area contributed by atoms with Crippen molar-refractivity contribution in [3.63, 3.8) is 0 Å². The maximum atomic E-state index is 15.4. The molecule has 3 nitrogen and oxygen atoms in total. The van der Waals surface area contributed by atoms with E-state index in [2.05, 4.69) is 0 Å². The maximum Gasteiger partial charge on any atom is 0.354 e. The number of carbonyl (C=O) groups is 2. The smallest absolute Gasteiger partial charge is 0.354 e. The van der Waals surface area contributed by atoms with Crippen molar-refractivity contribution in [3.05, 3.63) is 182 Å². The van der Waals surface area contributed by atoms with Crippen molar-refractivity contribution in [2.24, 2.45) is 0 Å². The van der Waals surface area contributed by atoms with Gasteiger partial charge in [-0.25, -0.2) is 92.6 Å². The molecule has 6 aromatic rings. The van der Waals surface area contributed by atoms with Crippen LogP contribution in [0.3, 0.4) is 0 Å². The molecule has 348 valence electrons. The first-order valence-electron chi connectivity index (χ1n) is 17.5. The fourth-order valence-corrected chi connectivity index (χ4v) is 8.74. The van der Waals surface area contributed by atoms with Gasteiger partial charge in [0.25, 0.3) is 0 Å². The van der Waals surface area contributed by atoms with Crippen LogP contribution in [0.2, 0.25) is 0 Å². The van der Waals surface area contributed by atoms with Crippen molar-refractivity contribution < 1.29 is 103 Å². The monoisotopic (exact) mass is 980 g/mol. The Labute approximate surface area is 358 Å². The molecule has 1 unspecified atom stereocenters. The number of aryl methyl sites for hydroxylation is 1. The summed E-state index contributed by atoms with van der Waals surface area (Å²) in [5.74, 6) is -72.1. The first-order valence-corrected chi connectivity index (χ1v) is 19.1.